The Morgan fingerprint density at radius 1 is 1.28 bits per heavy atom. The zero-order valence-corrected chi connectivity index (χ0v) is 10.8. The first-order valence-electron chi connectivity index (χ1n) is 6.14. The van der Waals surface area contributed by atoms with Crippen LogP contribution in [0.2, 0.25) is 0 Å². The van der Waals surface area contributed by atoms with E-state index in [2.05, 4.69) is 5.32 Å². The van der Waals surface area contributed by atoms with Crippen molar-refractivity contribution in [1.29, 1.82) is 0 Å². The minimum absolute atomic E-state index is 0.0296. The van der Waals surface area contributed by atoms with Crippen molar-refractivity contribution in [1.82, 2.24) is 0 Å². The van der Waals surface area contributed by atoms with Crippen molar-refractivity contribution in [2.45, 2.75) is 39.5 Å². The first kappa shape index (κ1) is 14.2. The van der Waals surface area contributed by atoms with Gasteiger partial charge in [-0.05, 0) is 30.9 Å². The number of benzene rings is 1. The maximum atomic E-state index is 11.7. The van der Waals surface area contributed by atoms with E-state index in [0.29, 0.717) is 6.42 Å². The normalized spacial score (nSPS) is 10.1. The number of rotatable bonds is 6. The number of carbonyl (C=O) groups excluding carboxylic acids is 1. The lowest BCUT2D eigenvalue weighted by atomic mass is 10.1. The van der Waals surface area contributed by atoms with E-state index in [9.17, 15) is 9.59 Å². The van der Waals surface area contributed by atoms with Crippen LogP contribution in [0.25, 0.3) is 0 Å². The molecule has 0 spiro atoms. The second-order valence-electron chi connectivity index (χ2n) is 4.26. The molecule has 0 unspecified atom stereocenters. The molecule has 0 aromatic heterocycles. The quantitative estimate of drug-likeness (QED) is 0.814. The van der Waals surface area contributed by atoms with E-state index >= 15 is 0 Å². The van der Waals surface area contributed by atoms with Gasteiger partial charge < -0.3 is 10.4 Å². The average molecular weight is 249 g/mol. The van der Waals surface area contributed by atoms with Crippen LogP contribution < -0.4 is 5.32 Å². The van der Waals surface area contributed by atoms with Gasteiger partial charge in [0.25, 0.3) is 0 Å². The van der Waals surface area contributed by atoms with E-state index in [1.807, 2.05) is 32.0 Å². The summed E-state index contributed by atoms with van der Waals surface area (Å²) in [6.45, 7) is 3.99. The molecule has 1 aromatic carbocycles. The molecule has 1 aromatic rings. The lowest BCUT2D eigenvalue weighted by Gasteiger charge is -2.12. The number of carboxylic acid groups (broad SMARTS) is 1. The van der Waals surface area contributed by atoms with Gasteiger partial charge >= 0.3 is 5.97 Å². The van der Waals surface area contributed by atoms with Crippen LogP contribution in [0.5, 0.6) is 0 Å². The van der Waals surface area contributed by atoms with E-state index < -0.39 is 5.97 Å². The molecule has 0 aliphatic heterocycles. The number of hydrogen-bond acceptors (Lipinski definition) is 2. The highest BCUT2D eigenvalue weighted by atomic mass is 16.4. The zero-order chi connectivity index (χ0) is 13.5. The summed E-state index contributed by atoms with van der Waals surface area (Å²) in [5, 5.41) is 11.4. The van der Waals surface area contributed by atoms with Crippen molar-refractivity contribution >= 4 is 17.6 Å². The number of para-hydroxylation sites is 1. The third-order valence-corrected chi connectivity index (χ3v) is 2.80. The summed E-state index contributed by atoms with van der Waals surface area (Å²) < 4.78 is 0. The Kier molecular flexibility index (Phi) is 5.36. The van der Waals surface area contributed by atoms with Gasteiger partial charge in [0.05, 0.1) is 0 Å². The van der Waals surface area contributed by atoms with Gasteiger partial charge in [0, 0.05) is 18.5 Å². The third kappa shape index (κ3) is 4.20. The van der Waals surface area contributed by atoms with Gasteiger partial charge in [-0.1, -0.05) is 25.1 Å². The summed E-state index contributed by atoms with van der Waals surface area (Å²) in [6, 6.07) is 5.90. The van der Waals surface area contributed by atoms with Crippen LogP contribution in [0, 0.1) is 6.92 Å². The van der Waals surface area contributed by atoms with Crippen molar-refractivity contribution in [3.8, 4) is 0 Å². The minimum Gasteiger partial charge on any atom is -0.481 e. The Balaban J connectivity index is 2.61. The maximum absolute atomic E-state index is 11.7. The molecule has 0 atom stereocenters. The number of nitrogens with one attached hydrogen (secondary N) is 1. The highest BCUT2D eigenvalue weighted by Crippen LogP contribution is 2.21. The molecule has 4 nitrogen and oxygen atoms in total. The van der Waals surface area contributed by atoms with Gasteiger partial charge in [0.15, 0.2) is 0 Å². The molecule has 0 heterocycles. The molecule has 0 radical (unpaired) electrons. The Hall–Kier alpha value is -1.84. The highest BCUT2D eigenvalue weighted by Gasteiger charge is 2.09. The Labute approximate surface area is 107 Å². The van der Waals surface area contributed by atoms with Crippen LogP contribution in [-0.2, 0) is 16.0 Å². The second-order valence-corrected chi connectivity index (χ2v) is 4.26. The van der Waals surface area contributed by atoms with Gasteiger partial charge in [-0.3, -0.25) is 9.59 Å². The number of anilines is 1. The zero-order valence-electron chi connectivity index (χ0n) is 10.8. The Morgan fingerprint density at radius 2 is 2.00 bits per heavy atom. The van der Waals surface area contributed by atoms with Crippen LogP contribution >= 0.6 is 0 Å². The molecule has 0 saturated carbocycles. The number of amides is 1. The largest absolute Gasteiger partial charge is 0.481 e. The molecule has 98 valence electrons. The monoisotopic (exact) mass is 249 g/mol. The van der Waals surface area contributed by atoms with Crippen molar-refractivity contribution in [3.63, 3.8) is 0 Å². The van der Waals surface area contributed by atoms with Crippen LogP contribution in [0.15, 0.2) is 18.2 Å². The second kappa shape index (κ2) is 6.79. The topological polar surface area (TPSA) is 66.4 Å². The van der Waals surface area contributed by atoms with Crippen molar-refractivity contribution in [2.75, 3.05) is 5.32 Å². The molecule has 0 aliphatic carbocycles. The highest BCUT2D eigenvalue weighted by molar-refractivity contribution is 5.92. The molecule has 0 aliphatic rings. The standard InChI is InChI=1S/C14H19NO3/c1-3-11-7-4-6-10(2)14(11)15-12(16)8-5-9-13(17)18/h4,6-7H,3,5,8-9H2,1-2H3,(H,15,16)(H,17,18). The van der Waals surface area contributed by atoms with Crippen molar-refractivity contribution in [3.05, 3.63) is 29.3 Å². The van der Waals surface area contributed by atoms with Crippen LogP contribution in [-0.4, -0.2) is 17.0 Å². The number of aliphatic carboxylic acids is 1. The molecule has 2 N–H and O–H groups in total. The smallest absolute Gasteiger partial charge is 0.303 e. The van der Waals surface area contributed by atoms with E-state index in [0.717, 1.165) is 23.2 Å². The lowest BCUT2D eigenvalue weighted by molar-refractivity contribution is -0.137. The molecule has 0 saturated heterocycles. The first-order valence-corrected chi connectivity index (χ1v) is 6.14. The predicted octanol–water partition coefficient (Wildman–Crippen LogP) is 2.75. The van der Waals surface area contributed by atoms with E-state index in [-0.39, 0.29) is 18.7 Å². The number of hydrogen-bond donors (Lipinski definition) is 2. The fraction of sp³-hybridized carbons (Fsp3) is 0.429. The molecule has 1 amide bonds. The summed E-state index contributed by atoms with van der Waals surface area (Å²) in [4.78, 5) is 22.1. The summed E-state index contributed by atoms with van der Waals surface area (Å²) in [5.41, 5.74) is 2.99. The van der Waals surface area contributed by atoms with Crippen molar-refractivity contribution < 1.29 is 14.7 Å². The number of carboxylic acids is 1. The van der Waals surface area contributed by atoms with Gasteiger partial charge in [-0.2, -0.15) is 0 Å². The van der Waals surface area contributed by atoms with E-state index in [4.69, 9.17) is 5.11 Å². The Bertz CT molecular complexity index is 441. The summed E-state index contributed by atoms with van der Waals surface area (Å²) in [6.07, 6.45) is 1.49. The fourth-order valence-corrected chi connectivity index (χ4v) is 1.80. The van der Waals surface area contributed by atoms with Gasteiger partial charge in [-0.15, -0.1) is 0 Å². The van der Waals surface area contributed by atoms with Crippen LogP contribution in [0.1, 0.15) is 37.3 Å². The molecule has 4 heteroatoms. The number of aryl methyl sites for hydroxylation is 2. The average Bonchev–Trinajstić information content (AvgIpc) is 2.31. The predicted molar refractivity (Wildman–Crippen MR) is 70.7 cm³/mol. The molecule has 1 rings (SSSR count). The van der Waals surface area contributed by atoms with Crippen molar-refractivity contribution in [2.24, 2.45) is 0 Å². The third-order valence-electron chi connectivity index (χ3n) is 2.80. The summed E-state index contributed by atoms with van der Waals surface area (Å²) in [5.74, 6) is -0.992. The molecule has 0 bridgehead atoms. The molecule has 0 fully saturated rings. The van der Waals surface area contributed by atoms with Crippen LogP contribution in [0.3, 0.4) is 0 Å². The molecular weight excluding hydrogens is 230 g/mol. The van der Waals surface area contributed by atoms with Gasteiger partial charge in [-0.25, -0.2) is 0 Å². The molecular formula is C14H19NO3. The number of carbonyl (C=O) groups is 2. The minimum atomic E-state index is -0.868. The molecule has 18 heavy (non-hydrogen) atoms. The SMILES string of the molecule is CCc1cccc(C)c1NC(=O)CCCC(=O)O. The van der Waals surface area contributed by atoms with Gasteiger partial charge in [0.2, 0.25) is 5.91 Å². The van der Waals surface area contributed by atoms with Crippen LogP contribution in [0.4, 0.5) is 5.69 Å². The first-order chi connectivity index (χ1) is 8.54. The van der Waals surface area contributed by atoms with Gasteiger partial charge in [0.1, 0.15) is 0 Å². The van der Waals surface area contributed by atoms with E-state index in [1.54, 1.807) is 0 Å². The fourth-order valence-electron chi connectivity index (χ4n) is 1.80. The van der Waals surface area contributed by atoms with E-state index in [1.165, 1.54) is 0 Å². The maximum Gasteiger partial charge on any atom is 0.303 e. The Morgan fingerprint density at radius 3 is 2.61 bits per heavy atom. The summed E-state index contributed by atoms with van der Waals surface area (Å²) >= 11 is 0. The lowest BCUT2D eigenvalue weighted by Crippen LogP contribution is -2.14. The summed E-state index contributed by atoms with van der Waals surface area (Å²) in [7, 11) is 0.